The molecule has 2 atom stereocenters. The van der Waals surface area contributed by atoms with Crippen LogP contribution in [0.3, 0.4) is 0 Å². The molecule has 2 amide bonds. The third-order valence-electron chi connectivity index (χ3n) is 6.04. The highest BCUT2D eigenvalue weighted by molar-refractivity contribution is 5.92. The summed E-state index contributed by atoms with van der Waals surface area (Å²) in [6.45, 7) is 0.294. The van der Waals surface area contributed by atoms with Crippen LogP contribution in [0.2, 0.25) is 0 Å². The van der Waals surface area contributed by atoms with Gasteiger partial charge in [-0.15, -0.1) is 10.2 Å². The fourth-order valence-corrected chi connectivity index (χ4v) is 3.83. The van der Waals surface area contributed by atoms with Crippen LogP contribution in [0.4, 0.5) is 13.2 Å². The van der Waals surface area contributed by atoms with Gasteiger partial charge in [-0.05, 0) is 17.7 Å². The Morgan fingerprint density at radius 3 is 2.41 bits per heavy atom. The number of carbonyl (C=O) groups is 2. The van der Waals surface area contributed by atoms with Crippen molar-refractivity contribution < 1.29 is 27.9 Å². The second-order valence-electron chi connectivity index (χ2n) is 9.30. The minimum atomic E-state index is -3.04. The highest BCUT2D eigenvalue weighted by atomic mass is 19.3. The van der Waals surface area contributed by atoms with E-state index < -0.39 is 30.0 Å². The van der Waals surface area contributed by atoms with Crippen molar-refractivity contribution in [3.8, 4) is 0 Å². The van der Waals surface area contributed by atoms with Crippen LogP contribution in [-0.4, -0.2) is 64.7 Å². The maximum Gasteiger partial charge on any atom is 0.274 e. The second-order valence-corrected chi connectivity index (χ2v) is 9.30. The van der Waals surface area contributed by atoms with Gasteiger partial charge < -0.3 is 15.7 Å². The molecule has 3 aromatic heterocycles. The van der Waals surface area contributed by atoms with E-state index in [1.165, 1.54) is 40.1 Å². The quantitative estimate of drug-likeness (QED) is 0.221. The number of alkyl halides is 3. The van der Waals surface area contributed by atoms with Crippen LogP contribution in [0, 0.1) is 0 Å². The number of aliphatic hydroxyl groups is 1. The highest BCUT2D eigenvalue weighted by Crippen LogP contribution is 2.26. The number of aromatic nitrogens is 7. The number of hydrogen-bond donors (Lipinski definition) is 3. The molecule has 0 spiro atoms. The highest BCUT2D eigenvalue weighted by Gasteiger charge is 2.24. The van der Waals surface area contributed by atoms with Crippen LogP contribution >= 0.6 is 0 Å². The summed E-state index contributed by atoms with van der Waals surface area (Å²) < 4.78 is 44.1. The third kappa shape index (κ3) is 8.17. The van der Waals surface area contributed by atoms with Crippen molar-refractivity contribution in [2.45, 2.75) is 51.1 Å². The molecule has 0 aliphatic rings. The molecule has 216 valence electrons. The Balaban J connectivity index is 1.23. The first-order chi connectivity index (χ1) is 19.6. The molecular weight excluding hydrogens is 543 g/mol. The van der Waals surface area contributed by atoms with Crippen LogP contribution in [0.5, 0.6) is 0 Å². The van der Waals surface area contributed by atoms with E-state index in [-0.39, 0.29) is 55.3 Å². The van der Waals surface area contributed by atoms with Crippen molar-refractivity contribution in [1.29, 1.82) is 0 Å². The molecule has 0 aliphatic carbocycles. The number of aliphatic hydroxyl groups excluding tert-OH is 1. The average Bonchev–Trinajstić information content (AvgIpc) is 3.64. The number of carbonyl (C=O) groups excluding carboxylic acids is 2. The molecule has 3 heterocycles. The predicted molar refractivity (Wildman–Crippen MR) is 138 cm³/mol. The molecule has 41 heavy (non-hydrogen) atoms. The van der Waals surface area contributed by atoms with Crippen LogP contribution < -0.4 is 10.6 Å². The number of amides is 2. The zero-order valence-corrected chi connectivity index (χ0v) is 22.0. The molecule has 3 N–H and O–H groups in total. The first-order valence-corrected chi connectivity index (χ1v) is 12.6. The number of aryl methyl sites for hydroxylation is 1. The Morgan fingerprint density at radius 2 is 1.71 bits per heavy atom. The molecule has 1 unspecified atom stereocenters. The monoisotopic (exact) mass is 571 g/mol. The number of hydrogen-bond acceptors (Lipinski definition) is 8. The van der Waals surface area contributed by atoms with E-state index in [9.17, 15) is 27.9 Å². The number of rotatable bonds is 13. The first-order valence-electron chi connectivity index (χ1n) is 12.6. The van der Waals surface area contributed by atoms with E-state index in [0.29, 0.717) is 0 Å². The van der Waals surface area contributed by atoms with E-state index in [1.54, 1.807) is 24.3 Å². The SMILES string of the molecule is CC(F)(F)c1ccnc(CNC(=O)c2cn(CC(F)CCn3cc(C(=O)N[C@@H](CO)c4ccccc4)nn3)nn2)c1. The van der Waals surface area contributed by atoms with E-state index in [0.717, 1.165) is 12.5 Å². The molecule has 0 bridgehead atoms. The van der Waals surface area contributed by atoms with Crippen molar-refractivity contribution in [2.75, 3.05) is 6.61 Å². The number of benzene rings is 1. The molecule has 12 nitrogen and oxygen atoms in total. The summed E-state index contributed by atoms with van der Waals surface area (Å²) in [6.07, 6.45) is 2.52. The van der Waals surface area contributed by atoms with Crippen LogP contribution in [0.25, 0.3) is 0 Å². The lowest BCUT2D eigenvalue weighted by Crippen LogP contribution is -2.31. The molecule has 0 aliphatic heterocycles. The van der Waals surface area contributed by atoms with Crippen molar-refractivity contribution in [2.24, 2.45) is 0 Å². The summed E-state index contributed by atoms with van der Waals surface area (Å²) in [5.74, 6) is -4.19. The average molecular weight is 572 g/mol. The van der Waals surface area contributed by atoms with Gasteiger partial charge in [0.05, 0.1) is 43.8 Å². The third-order valence-corrected chi connectivity index (χ3v) is 6.04. The van der Waals surface area contributed by atoms with E-state index in [4.69, 9.17) is 0 Å². The van der Waals surface area contributed by atoms with Crippen molar-refractivity contribution >= 4 is 11.8 Å². The van der Waals surface area contributed by atoms with E-state index in [2.05, 4.69) is 36.2 Å². The first kappa shape index (κ1) is 29.3. The molecular formula is C26H28F3N9O3. The summed E-state index contributed by atoms with van der Waals surface area (Å²) in [5, 5.41) is 30.0. The number of pyridine rings is 1. The minimum absolute atomic E-state index is 0.0131. The zero-order chi connectivity index (χ0) is 29.4. The van der Waals surface area contributed by atoms with Crippen molar-refractivity contribution in [3.63, 3.8) is 0 Å². The van der Waals surface area contributed by atoms with Gasteiger partial charge in [0.2, 0.25) is 0 Å². The second kappa shape index (κ2) is 13.1. The van der Waals surface area contributed by atoms with Gasteiger partial charge in [-0.2, -0.15) is 0 Å². The summed E-state index contributed by atoms with van der Waals surface area (Å²) in [4.78, 5) is 28.9. The fraction of sp³-hybridized carbons (Fsp3) is 0.346. The summed E-state index contributed by atoms with van der Waals surface area (Å²) in [7, 11) is 0. The van der Waals surface area contributed by atoms with Gasteiger partial charge in [0.15, 0.2) is 11.4 Å². The normalized spacial score (nSPS) is 13.0. The number of nitrogens with one attached hydrogen (secondary N) is 2. The maximum absolute atomic E-state index is 14.6. The number of nitrogens with zero attached hydrogens (tertiary/aromatic N) is 7. The van der Waals surface area contributed by atoms with Gasteiger partial charge in [-0.25, -0.2) is 17.9 Å². The maximum atomic E-state index is 14.6. The van der Waals surface area contributed by atoms with Gasteiger partial charge >= 0.3 is 0 Å². The van der Waals surface area contributed by atoms with E-state index in [1.807, 2.05) is 6.07 Å². The Hall–Kier alpha value is -4.66. The molecule has 4 aromatic rings. The fourth-order valence-electron chi connectivity index (χ4n) is 3.83. The molecule has 4 rings (SSSR count). The van der Waals surface area contributed by atoms with Crippen molar-refractivity contribution in [3.05, 3.63) is 89.3 Å². The van der Waals surface area contributed by atoms with Crippen molar-refractivity contribution in [1.82, 2.24) is 45.6 Å². The Morgan fingerprint density at radius 1 is 1.02 bits per heavy atom. The summed E-state index contributed by atoms with van der Waals surface area (Å²) >= 11 is 0. The van der Waals surface area contributed by atoms with Gasteiger partial charge in [0.1, 0.15) is 6.17 Å². The Kier molecular flexibility index (Phi) is 9.39. The lowest BCUT2D eigenvalue weighted by molar-refractivity contribution is 0.0173. The van der Waals surface area contributed by atoms with Gasteiger partial charge in [0.25, 0.3) is 17.7 Å². The molecule has 15 heteroatoms. The molecule has 0 radical (unpaired) electrons. The standard InChI is InChI=1S/C26H28F3N9O3/c1-26(28,29)18-7-9-30-20(11-18)12-31-24(40)21-15-38(36-33-21)13-19(27)8-10-37-14-22(34-35-37)25(41)32-23(16-39)17-5-3-2-4-6-17/h2-7,9,11,14-15,19,23,39H,8,10,12-13,16H2,1H3,(H,31,40)(H,32,41)/t19?,23-/m0/s1. The van der Waals surface area contributed by atoms with Gasteiger partial charge in [-0.3, -0.25) is 19.3 Å². The van der Waals surface area contributed by atoms with Gasteiger partial charge in [-0.1, -0.05) is 40.8 Å². The summed E-state index contributed by atoms with van der Waals surface area (Å²) in [5.41, 5.74) is 0.702. The topological polar surface area (TPSA) is 153 Å². The molecule has 0 fully saturated rings. The van der Waals surface area contributed by atoms with Crippen LogP contribution in [-0.2, 0) is 25.6 Å². The van der Waals surface area contributed by atoms with E-state index >= 15 is 0 Å². The minimum Gasteiger partial charge on any atom is -0.394 e. The lowest BCUT2D eigenvalue weighted by Gasteiger charge is -2.15. The van der Waals surface area contributed by atoms with Crippen LogP contribution in [0.1, 0.15) is 57.2 Å². The lowest BCUT2D eigenvalue weighted by atomic mass is 10.1. The molecule has 0 saturated heterocycles. The Bertz CT molecular complexity index is 1460. The zero-order valence-electron chi connectivity index (χ0n) is 22.0. The largest absolute Gasteiger partial charge is 0.394 e. The Labute approximate surface area is 232 Å². The molecule has 0 saturated carbocycles. The number of halogens is 3. The molecule has 1 aromatic carbocycles. The van der Waals surface area contributed by atoms with Gasteiger partial charge in [0, 0.05) is 31.6 Å². The smallest absolute Gasteiger partial charge is 0.274 e. The van der Waals surface area contributed by atoms with Crippen LogP contribution in [0.15, 0.2) is 61.1 Å². The summed E-state index contributed by atoms with van der Waals surface area (Å²) in [6, 6.07) is 10.7. The predicted octanol–water partition coefficient (Wildman–Crippen LogP) is 2.20.